The summed E-state index contributed by atoms with van der Waals surface area (Å²) in [6.45, 7) is 4.68. The second kappa shape index (κ2) is 6.80. The molecule has 1 aliphatic carbocycles. The molecule has 3 aromatic heterocycles. The first-order valence-electron chi connectivity index (χ1n) is 10.7. The van der Waals surface area contributed by atoms with Crippen molar-refractivity contribution >= 4 is 22.8 Å². The van der Waals surface area contributed by atoms with Gasteiger partial charge in [-0.05, 0) is 31.7 Å². The van der Waals surface area contributed by atoms with E-state index in [4.69, 9.17) is 9.72 Å². The summed E-state index contributed by atoms with van der Waals surface area (Å²) in [5, 5.41) is 1.06. The van der Waals surface area contributed by atoms with E-state index < -0.39 is 0 Å². The average molecular weight is 407 g/mol. The van der Waals surface area contributed by atoms with Gasteiger partial charge in [0.05, 0.1) is 24.3 Å². The summed E-state index contributed by atoms with van der Waals surface area (Å²) in [5.74, 6) is 1.69. The van der Waals surface area contributed by atoms with E-state index in [1.807, 2.05) is 12.3 Å². The smallest absolute Gasteiger partial charge is 0.255 e. The standard InChI is InChI=1S/C21H25N7O2/c29-19-14-1-3-21(16(14)25-20(26-19)28-9-11-30-12-10-28)4-7-27(8-5-21)18-15-2-6-22-17(15)23-13-24-18/h2,6,13H,1,3-5,7-12H2,(H,22,23,24)(H,25,26,29). The van der Waals surface area contributed by atoms with Gasteiger partial charge in [0.25, 0.3) is 5.56 Å². The molecule has 30 heavy (non-hydrogen) atoms. The Balaban J connectivity index is 1.30. The number of rotatable bonds is 2. The Morgan fingerprint density at radius 2 is 1.87 bits per heavy atom. The van der Waals surface area contributed by atoms with E-state index in [-0.39, 0.29) is 11.0 Å². The van der Waals surface area contributed by atoms with Gasteiger partial charge in [-0.2, -0.15) is 0 Å². The van der Waals surface area contributed by atoms with Crippen LogP contribution in [0.3, 0.4) is 0 Å². The number of hydrogen-bond acceptors (Lipinski definition) is 7. The van der Waals surface area contributed by atoms with E-state index in [1.54, 1.807) is 6.33 Å². The van der Waals surface area contributed by atoms with Crippen molar-refractivity contribution in [1.29, 1.82) is 0 Å². The van der Waals surface area contributed by atoms with Crippen molar-refractivity contribution < 1.29 is 4.74 Å². The van der Waals surface area contributed by atoms with E-state index in [2.05, 4.69) is 29.7 Å². The monoisotopic (exact) mass is 407 g/mol. The Hall–Kier alpha value is -2.94. The molecule has 0 amide bonds. The summed E-state index contributed by atoms with van der Waals surface area (Å²) in [6, 6.07) is 2.04. The first-order chi connectivity index (χ1) is 14.7. The molecule has 5 heterocycles. The first-order valence-corrected chi connectivity index (χ1v) is 10.7. The second-order valence-electron chi connectivity index (χ2n) is 8.52. The fourth-order valence-corrected chi connectivity index (χ4v) is 5.31. The molecule has 2 N–H and O–H groups in total. The van der Waals surface area contributed by atoms with Crippen LogP contribution >= 0.6 is 0 Å². The Morgan fingerprint density at radius 3 is 2.70 bits per heavy atom. The predicted molar refractivity (Wildman–Crippen MR) is 113 cm³/mol. The number of aromatic amines is 2. The number of fused-ring (bicyclic) bond motifs is 3. The second-order valence-corrected chi connectivity index (χ2v) is 8.52. The van der Waals surface area contributed by atoms with E-state index in [0.717, 1.165) is 80.0 Å². The van der Waals surface area contributed by atoms with Crippen LogP contribution in [0, 0.1) is 0 Å². The molecule has 6 rings (SSSR count). The third kappa shape index (κ3) is 2.72. The average Bonchev–Trinajstić information content (AvgIpc) is 3.41. The molecule has 0 atom stereocenters. The number of ether oxygens (including phenoxy) is 1. The number of anilines is 2. The topological polar surface area (TPSA) is 103 Å². The number of H-pyrrole nitrogens is 2. The molecule has 1 spiro atoms. The van der Waals surface area contributed by atoms with Crippen LogP contribution in [0.1, 0.15) is 30.5 Å². The SMILES string of the molecule is O=c1[nH]c(N2CCOCC2)nc2c1CCC21CCN(c2ncnc3[nH]ccc23)CC1. The Morgan fingerprint density at radius 1 is 1.03 bits per heavy atom. The fourth-order valence-electron chi connectivity index (χ4n) is 5.31. The molecule has 2 saturated heterocycles. The summed E-state index contributed by atoms with van der Waals surface area (Å²) >= 11 is 0. The third-order valence-electron chi connectivity index (χ3n) is 7.02. The highest BCUT2D eigenvalue weighted by Crippen LogP contribution is 2.45. The number of nitrogens with zero attached hydrogens (tertiary/aromatic N) is 5. The zero-order valence-electron chi connectivity index (χ0n) is 16.9. The van der Waals surface area contributed by atoms with Gasteiger partial charge < -0.3 is 19.5 Å². The van der Waals surface area contributed by atoms with Crippen molar-refractivity contribution in [2.24, 2.45) is 0 Å². The molecule has 2 aliphatic heterocycles. The molecule has 3 aromatic rings. The Bertz CT molecular complexity index is 1140. The van der Waals surface area contributed by atoms with E-state index in [9.17, 15) is 4.79 Å². The molecule has 0 radical (unpaired) electrons. The summed E-state index contributed by atoms with van der Waals surface area (Å²) in [6.07, 6.45) is 7.31. The number of piperidine rings is 1. The van der Waals surface area contributed by atoms with Gasteiger partial charge in [-0.25, -0.2) is 15.0 Å². The molecule has 9 nitrogen and oxygen atoms in total. The van der Waals surface area contributed by atoms with Crippen molar-refractivity contribution in [1.82, 2.24) is 24.9 Å². The minimum atomic E-state index is -0.00851. The maximum Gasteiger partial charge on any atom is 0.255 e. The van der Waals surface area contributed by atoms with Crippen LogP contribution in [0.25, 0.3) is 11.0 Å². The van der Waals surface area contributed by atoms with Gasteiger partial charge in [0, 0.05) is 43.4 Å². The molecule has 156 valence electrons. The molecule has 9 heteroatoms. The largest absolute Gasteiger partial charge is 0.378 e. The van der Waals surface area contributed by atoms with Crippen LogP contribution in [-0.4, -0.2) is 64.3 Å². The van der Waals surface area contributed by atoms with Crippen LogP contribution in [0.4, 0.5) is 11.8 Å². The Kier molecular flexibility index (Phi) is 4.05. The number of hydrogen-bond donors (Lipinski definition) is 2. The summed E-state index contributed by atoms with van der Waals surface area (Å²) in [7, 11) is 0. The van der Waals surface area contributed by atoms with Crippen molar-refractivity contribution in [2.75, 3.05) is 49.2 Å². The highest BCUT2D eigenvalue weighted by atomic mass is 16.5. The number of morpholine rings is 1. The highest BCUT2D eigenvalue weighted by molar-refractivity contribution is 5.87. The molecule has 2 fully saturated rings. The molecule has 3 aliphatic rings. The van der Waals surface area contributed by atoms with Crippen LogP contribution in [-0.2, 0) is 16.6 Å². The maximum absolute atomic E-state index is 12.8. The minimum absolute atomic E-state index is 0.00851. The van der Waals surface area contributed by atoms with Gasteiger partial charge in [0.15, 0.2) is 0 Å². The predicted octanol–water partition coefficient (Wildman–Crippen LogP) is 1.36. The van der Waals surface area contributed by atoms with Crippen molar-refractivity contribution in [3.63, 3.8) is 0 Å². The summed E-state index contributed by atoms with van der Waals surface area (Å²) < 4.78 is 5.45. The zero-order valence-corrected chi connectivity index (χ0v) is 16.9. The first kappa shape index (κ1) is 17.9. The quantitative estimate of drug-likeness (QED) is 0.661. The van der Waals surface area contributed by atoms with Gasteiger partial charge in [-0.3, -0.25) is 9.78 Å². The van der Waals surface area contributed by atoms with Crippen molar-refractivity contribution in [2.45, 2.75) is 31.1 Å². The summed E-state index contributed by atoms with van der Waals surface area (Å²) in [5.41, 5.74) is 2.81. The number of aromatic nitrogens is 5. The molecule has 0 aromatic carbocycles. The van der Waals surface area contributed by atoms with Gasteiger partial charge >= 0.3 is 0 Å². The van der Waals surface area contributed by atoms with E-state index >= 15 is 0 Å². The van der Waals surface area contributed by atoms with Crippen LogP contribution in [0.5, 0.6) is 0 Å². The van der Waals surface area contributed by atoms with Gasteiger partial charge in [0.2, 0.25) is 5.95 Å². The lowest BCUT2D eigenvalue weighted by Gasteiger charge is -2.40. The molecular formula is C21H25N7O2. The lowest BCUT2D eigenvalue weighted by Crippen LogP contribution is -2.43. The van der Waals surface area contributed by atoms with Gasteiger partial charge in [-0.1, -0.05) is 0 Å². The molecule has 0 bridgehead atoms. The molecule has 0 unspecified atom stereocenters. The van der Waals surface area contributed by atoms with E-state index in [0.29, 0.717) is 19.2 Å². The summed E-state index contributed by atoms with van der Waals surface area (Å²) in [4.78, 5) is 37.4. The lowest BCUT2D eigenvalue weighted by atomic mass is 9.76. The normalized spacial score (nSPS) is 20.8. The van der Waals surface area contributed by atoms with Gasteiger partial charge in [-0.15, -0.1) is 0 Å². The van der Waals surface area contributed by atoms with Crippen LogP contribution in [0.15, 0.2) is 23.4 Å². The lowest BCUT2D eigenvalue weighted by molar-refractivity contribution is 0.122. The highest BCUT2D eigenvalue weighted by Gasteiger charge is 2.44. The van der Waals surface area contributed by atoms with Crippen molar-refractivity contribution in [3.8, 4) is 0 Å². The van der Waals surface area contributed by atoms with E-state index in [1.165, 1.54) is 0 Å². The zero-order chi connectivity index (χ0) is 20.1. The minimum Gasteiger partial charge on any atom is -0.378 e. The molecular weight excluding hydrogens is 382 g/mol. The maximum atomic E-state index is 12.8. The van der Waals surface area contributed by atoms with Crippen molar-refractivity contribution in [3.05, 3.63) is 40.2 Å². The van der Waals surface area contributed by atoms with Crippen LogP contribution in [0.2, 0.25) is 0 Å². The van der Waals surface area contributed by atoms with Crippen LogP contribution < -0.4 is 15.4 Å². The fraction of sp³-hybridized carbons (Fsp3) is 0.524. The number of nitrogens with one attached hydrogen (secondary N) is 2. The Labute approximate surface area is 173 Å². The van der Waals surface area contributed by atoms with Gasteiger partial charge in [0.1, 0.15) is 17.8 Å². The molecule has 0 saturated carbocycles. The third-order valence-corrected chi connectivity index (χ3v) is 7.02.